The van der Waals surface area contributed by atoms with Crippen LogP contribution in [0.4, 0.5) is 15.8 Å². The van der Waals surface area contributed by atoms with Crippen LogP contribution in [0.5, 0.6) is 0 Å². The van der Waals surface area contributed by atoms with Crippen LogP contribution in [0.1, 0.15) is 12.8 Å². The summed E-state index contributed by atoms with van der Waals surface area (Å²) < 4.78 is 18.5. The van der Waals surface area contributed by atoms with Gasteiger partial charge in [0.1, 0.15) is 11.5 Å². The van der Waals surface area contributed by atoms with E-state index in [0.717, 1.165) is 18.9 Å². The average molecular weight is 368 g/mol. The maximum absolute atomic E-state index is 13.4. The molecule has 1 aromatic rings. The van der Waals surface area contributed by atoms with Gasteiger partial charge in [-0.15, -0.1) is 0 Å². The first-order valence-corrected chi connectivity index (χ1v) is 6.50. The number of hydrogen-bond donors (Lipinski definition) is 1. The second-order valence-corrected chi connectivity index (χ2v) is 4.83. The molecule has 1 rings (SSSR count). The van der Waals surface area contributed by atoms with E-state index in [1.165, 1.54) is 6.07 Å². The van der Waals surface area contributed by atoms with Crippen LogP contribution < -0.4 is 5.32 Å². The van der Waals surface area contributed by atoms with Crippen molar-refractivity contribution in [3.8, 4) is 0 Å². The van der Waals surface area contributed by atoms with Crippen LogP contribution in [-0.2, 0) is 4.74 Å². The maximum Gasteiger partial charge on any atom is 0.293 e. The van der Waals surface area contributed by atoms with Gasteiger partial charge in [0, 0.05) is 32.4 Å². The van der Waals surface area contributed by atoms with Gasteiger partial charge in [-0.2, -0.15) is 0 Å². The van der Waals surface area contributed by atoms with Crippen molar-refractivity contribution in [3.05, 3.63) is 31.6 Å². The zero-order valence-corrected chi connectivity index (χ0v) is 12.1. The molecular weight excluding hydrogens is 354 g/mol. The Morgan fingerprint density at radius 1 is 1.50 bits per heavy atom. The van der Waals surface area contributed by atoms with Gasteiger partial charge in [0.05, 0.1) is 8.49 Å². The van der Waals surface area contributed by atoms with Crippen LogP contribution in [0.25, 0.3) is 0 Å². The average Bonchev–Trinajstić information content (AvgIpc) is 2.32. The first kappa shape index (κ1) is 15.1. The lowest BCUT2D eigenvalue weighted by atomic mass is 10.2. The molecule has 1 N–H and O–H groups in total. The van der Waals surface area contributed by atoms with Gasteiger partial charge in [-0.1, -0.05) is 0 Å². The van der Waals surface area contributed by atoms with E-state index >= 15 is 0 Å². The van der Waals surface area contributed by atoms with Gasteiger partial charge in [0.15, 0.2) is 0 Å². The first-order chi connectivity index (χ1) is 8.56. The van der Waals surface area contributed by atoms with Crippen molar-refractivity contribution in [1.29, 1.82) is 0 Å². The number of anilines is 1. The Balaban J connectivity index is 2.68. The fourth-order valence-corrected chi connectivity index (χ4v) is 1.87. The van der Waals surface area contributed by atoms with Crippen LogP contribution in [0.2, 0.25) is 0 Å². The molecule has 0 atom stereocenters. The Bertz CT molecular complexity index is 429. The van der Waals surface area contributed by atoms with Crippen molar-refractivity contribution >= 4 is 34.0 Å². The molecule has 0 bridgehead atoms. The zero-order valence-electron chi connectivity index (χ0n) is 9.91. The molecule has 5 nitrogen and oxygen atoms in total. The molecule has 7 heteroatoms. The second kappa shape index (κ2) is 7.47. The lowest BCUT2D eigenvalue weighted by molar-refractivity contribution is -0.384. The standard InChI is InChI=1S/C11H14FIN2O3/c1-18-5-3-2-4-14-10-6-8(12)9(13)7-11(10)15(16)17/h6-7,14H,2-5H2,1H3. The third-order valence-electron chi connectivity index (χ3n) is 2.33. The number of methoxy groups -OCH3 is 1. The Kier molecular flexibility index (Phi) is 6.27. The first-order valence-electron chi connectivity index (χ1n) is 5.42. The van der Waals surface area contributed by atoms with Crippen LogP contribution in [-0.4, -0.2) is 25.2 Å². The molecule has 0 amide bonds. The minimum absolute atomic E-state index is 0.104. The SMILES string of the molecule is COCCCCNc1cc(F)c(I)cc1[N+](=O)[O-]. The molecule has 0 radical (unpaired) electrons. The van der Waals surface area contributed by atoms with Gasteiger partial charge in [-0.25, -0.2) is 4.39 Å². The molecule has 0 aromatic heterocycles. The van der Waals surface area contributed by atoms with Gasteiger partial charge in [-0.05, 0) is 35.4 Å². The van der Waals surface area contributed by atoms with E-state index in [4.69, 9.17) is 4.74 Å². The molecule has 0 aliphatic heterocycles. The van der Waals surface area contributed by atoms with E-state index in [0.29, 0.717) is 13.2 Å². The largest absolute Gasteiger partial charge is 0.385 e. The van der Waals surface area contributed by atoms with Crippen molar-refractivity contribution in [1.82, 2.24) is 0 Å². The number of unbranched alkanes of at least 4 members (excludes halogenated alkanes) is 1. The summed E-state index contributed by atoms with van der Waals surface area (Å²) in [5.74, 6) is -0.458. The van der Waals surface area contributed by atoms with E-state index < -0.39 is 10.7 Å². The summed E-state index contributed by atoms with van der Waals surface area (Å²) >= 11 is 1.73. The van der Waals surface area contributed by atoms with Gasteiger partial charge in [0.25, 0.3) is 5.69 Å². The van der Waals surface area contributed by atoms with Crippen molar-refractivity contribution < 1.29 is 14.1 Å². The van der Waals surface area contributed by atoms with E-state index in [2.05, 4.69) is 5.32 Å². The fourth-order valence-electron chi connectivity index (χ4n) is 1.42. The highest BCUT2D eigenvalue weighted by Crippen LogP contribution is 2.28. The maximum atomic E-state index is 13.4. The quantitative estimate of drug-likeness (QED) is 0.348. The molecule has 0 fully saturated rings. The molecule has 0 aliphatic carbocycles. The number of nitro benzene ring substituents is 1. The summed E-state index contributed by atoms with van der Waals surface area (Å²) in [7, 11) is 1.62. The third kappa shape index (κ3) is 4.37. The van der Waals surface area contributed by atoms with E-state index in [9.17, 15) is 14.5 Å². The summed E-state index contributed by atoms with van der Waals surface area (Å²) in [5, 5.41) is 13.7. The second-order valence-electron chi connectivity index (χ2n) is 3.67. The van der Waals surface area contributed by atoms with Gasteiger partial charge in [-0.3, -0.25) is 10.1 Å². The van der Waals surface area contributed by atoms with Gasteiger partial charge < -0.3 is 10.1 Å². The fraction of sp³-hybridized carbons (Fsp3) is 0.455. The van der Waals surface area contributed by atoms with Crippen LogP contribution in [0.15, 0.2) is 12.1 Å². The predicted molar refractivity (Wildman–Crippen MR) is 75.4 cm³/mol. The number of nitrogens with zero attached hydrogens (tertiary/aromatic N) is 1. The lowest BCUT2D eigenvalue weighted by Gasteiger charge is -2.08. The molecule has 100 valence electrons. The Morgan fingerprint density at radius 2 is 2.22 bits per heavy atom. The minimum atomic E-state index is -0.515. The molecule has 0 unspecified atom stereocenters. The summed E-state index contributed by atoms with van der Waals surface area (Å²) in [4.78, 5) is 10.3. The molecular formula is C11H14FIN2O3. The number of hydrogen-bond acceptors (Lipinski definition) is 4. The van der Waals surface area contributed by atoms with E-state index in [1.54, 1.807) is 29.7 Å². The number of benzene rings is 1. The summed E-state index contributed by atoms with van der Waals surface area (Å²) in [5.41, 5.74) is 0.114. The Hall–Kier alpha value is -0.960. The van der Waals surface area contributed by atoms with E-state index in [-0.39, 0.29) is 14.9 Å². The number of nitrogens with one attached hydrogen (secondary N) is 1. The van der Waals surface area contributed by atoms with E-state index in [1.807, 2.05) is 0 Å². The molecule has 0 saturated carbocycles. The zero-order chi connectivity index (χ0) is 13.5. The summed E-state index contributed by atoms with van der Waals surface area (Å²) in [6, 6.07) is 2.39. The summed E-state index contributed by atoms with van der Waals surface area (Å²) in [6.45, 7) is 1.19. The highest BCUT2D eigenvalue weighted by molar-refractivity contribution is 14.1. The van der Waals surface area contributed by atoms with Crippen LogP contribution >= 0.6 is 22.6 Å². The van der Waals surface area contributed by atoms with Crippen molar-refractivity contribution in [3.63, 3.8) is 0 Å². The number of ether oxygens (including phenoxy) is 1. The predicted octanol–water partition coefficient (Wildman–Crippen LogP) is 3.18. The Morgan fingerprint density at radius 3 is 2.83 bits per heavy atom. The van der Waals surface area contributed by atoms with Crippen molar-refractivity contribution in [2.45, 2.75) is 12.8 Å². The number of nitro groups is 1. The van der Waals surface area contributed by atoms with Crippen LogP contribution in [0, 0.1) is 19.5 Å². The number of halogens is 2. The topological polar surface area (TPSA) is 64.4 Å². The summed E-state index contributed by atoms with van der Waals surface area (Å²) in [6.07, 6.45) is 1.66. The molecule has 0 spiro atoms. The van der Waals surface area contributed by atoms with Crippen molar-refractivity contribution in [2.75, 3.05) is 25.6 Å². The molecule has 0 aliphatic rings. The van der Waals surface area contributed by atoms with Gasteiger partial charge >= 0.3 is 0 Å². The third-order valence-corrected chi connectivity index (χ3v) is 3.15. The lowest BCUT2D eigenvalue weighted by Crippen LogP contribution is -2.06. The van der Waals surface area contributed by atoms with Gasteiger partial charge in [0.2, 0.25) is 0 Å². The van der Waals surface area contributed by atoms with Crippen molar-refractivity contribution in [2.24, 2.45) is 0 Å². The molecule has 18 heavy (non-hydrogen) atoms. The number of rotatable bonds is 7. The highest BCUT2D eigenvalue weighted by atomic mass is 127. The normalized spacial score (nSPS) is 10.4. The molecule has 0 heterocycles. The molecule has 1 aromatic carbocycles. The minimum Gasteiger partial charge on any atom is -0.385 e. The smallest absolute Gasteiger partial charge is 0.293 e. The monoisotopic (exact) mass is 368 g/mol. The van der Waals surface area contributed by atoms with Crippen LogP contribution in [0.3, 0.4) is 0 Å². The Labute approximate surface area is 118 Å². The molecule has 0 saturated heterocycles. The highest BCUT2D eigenvalue weighted by Gasteiger charge is 2.16.